The summed E-state index contributed by atoms with van der Waals surface area (Å²) in [6, 6.07) is 13.0. The molecule has 232 valence electrons. The molecule has 7 heteroatoms. The molecule has 1 nitrogen and oxygen atoms in total. The Morgan fingerprint density at radius 3 is 2.19 bits per heavy atom. The monoisotopic (exact) mass is 602 g/mol. The van der Waals surface area contributed by atoms with Gasteiger partial charge in [0.15, 0.2) is 0 Å². The number of aryl methyl sites for hydroxylation is 2. The maximum atomic E-state index is 15.8. The van der Waals surface area contributed by atoms with Crippen LogP contribution < -0.4 is 4.74 Å². The van der Waals surface area contributed by atoms with Crippen LogP contribution in [0.3, 0.4) is 0 Å². The fourth-order valence-electron chi connectivity index (χ4n) is 7.11. The molecule has 2 aliphatic carbocycles. The lowest BCUT2D eigenvalue weighted by Gasteiger charge is -2.32. The standard InChI is InChI=1S/C36H40F6O/c1-2-3-4-5-23-6-9-27(32(37)21-23)10-7-24-8-19-31-29(20-24)22-33(38)34(35(31)39)28-13-11-25(12-14-28)26-15-17-30(18-16-26)43-36(40,41)42/h6,9,15-18,21-22,24-25,28H,2-5,7-8,10-14,19-20H2,1H3. The van der Waals surface area contributed by atoms with Gasteiger partial charge in [-0.15, -0.1) is 13.2 Å². The molecule has 43 heavy (non-hydrogen) atoms. The lowest BCUT2D eigenvalue weighted by molar-refractivity contribution is -0.274. The van der Waals surface area contributed by atoms with Gasteiger partial charge >= 0.3 is 6.36 Å². The third-order valence-electron chi connectivity index (χ3n) is 9.49. The molecular weight excluding hydrogens is 562 g/mol. The topological polar surface area (TPSA) is 9.23 Å². The average molecular weight is 603 g/mol. The molecular formula is C36H40F6O. The molecule has 1 atom stereocenters. The van der Waals surface area contributed by atoms with Crippen LogP contribution in [0.1, 0.15) is 110 Å². The van der Waals surface area contributed by atoms with Gasteiger partial charge in [0.1, 0.15) is 23.2 Å². The number of unbranched alkanes of at least 4 members (excludes halogenated alkanes) is 2. The van der Waals surface area contributed by atoms with Gasteiger partial charge in [0.25, 0.3) is 0 Å². The van der Waals surface area contributed by atoms with Crippen LogP contribution in [0.25, 0.3) is 0 Å². The first kappa shape index (κ1) is 31.5. The largest absolute Gasteiger partial charge is 0.573 e. The Bertz CT molecular complexity index is 1370. The minimum atomic E-state index is -4.73. The zero-order chi connectivity index (χ0) is 30.6. The Balaban J connectivity index is 1.17. The SMILES string of the molecule is CCCCCc1ccc(CCC2CCc3c(cc(F)c(C4CCC(c5ccc(OC(F)(F)F)cc5)CC4)c3F)C2)c(F)c1. The molecule has 3 aromatic carbocycles. The first-order valence-corrected chi connectivity index (χ1v) is 15.7. The summed E-state index contributed by atoms with van der Waals surface area (Å²) in [6.45, 7) is 2.15. The maximum Gasteiger partial charge on any atom is 0.573 e. The summed E-state index contributed by atoms with van der Waals surface area (Å²) >= 11 is 0. The smallest absolute Gasteiger partial charge is 0.406 e. The van der Waals surface area contributed by atoms with E-state index in [9.17, 15) is 17.6 Å². The van der Waals surface area contributed by atoms with Crippen molar-refractivity contribution in [3.63, 3.8) is 0 Å². The van der Waals surface area contributed by atoms with Crippen LogP contribution in [0.15, 0.2) is 48.5 Å². The Morgan fingerprint density at radius 2 is 1.51 bits per heavy atom. The second kappa shape index (κ2) is 13.8. The van der Waals surface area contributed by atoms with Crippen LogP contribution in [-0.2, 0) is 25.7 Å². The fraction of sp³-hybridized carbons (Fsp3) is 0.500. The van der Waals surface area contributed by atoms with Gasteiger partial charge in [-0.05, 0) is 140 Å². The summed E-state index contributed by atoms with van der Waals surface area (Å²) in [5, 5.41) is 0. The van der Waals surface area contributed by atoms with Crippen molar-refractivity contribution in [3.05, 3.63) is 99.4 Å². The summed E-state index contributed by atoms with van der Waals surface area (Å²) < 4.78 is 87.2. The van der Waals surface area contributed by atoms with E-state index in [2.05, 4.69) is 11.7 Å². The molecule has 0 spiro atoms. The third-order valence-corrected chi connectivity index (χ3v) is 9.49. The average Bonchev–Trinajstić information content (AvgIpc) is 2.97. The molecule has 0 heterocycles. The van der Waals surface area contributed by atoms with Gasteiger partial charge in [-0.2, -0.15) is 0 Å². The molecule has 3 aromatic rings. The van der Waals surface area contributed by atoms with E-state index in [1.165, 1.54) is 18.2 Å². The number of alkyl halides is 3. The fourth-order valence-corrected chi connectivity index (χ4v) is 7.11. The number of rotatable bonds is 10. The van der Waals surface area contributed by atoms with Crippen LogP contribution >= 0.6 is 0 Å². The van der Waals surface area contributed by atoms with E-state index < -0.39 is 18.0 Å². The number of ether oxygens (including phenoxy) is 1. The molecule has 1 unspecified atom stereocenters. The lowest BCUT2D eigenvalue weighted by atomic mass is 9.74. The van der Waals surface area contributed by atoms with Crippen LogP contribution in [0.2, 0.25) is 0 Å². The second-order valence-electron chi connectivity index (χ2n) is 12.4. The first-order valence-electron chi connectivity index (χ1n) is 15.7. The highest BCUT2D eigenvalue weighted by molar-refractivity contribution is 5.39. The van der Waals surface area contributed by atoms with Crippen LogP contribution in [0.4, 0.5) is 26.3 Å². The van der Waals surface area contributed by atoms with E-state index >= 15 is 8.78 Å². The summed E-state index contributed by atoms with van der Waals surface area (Å²) in [4.78, 5) is 0. The van der Waals surface area contributed by atoms with Crippen molar-refractivity contribution in [3.8, 4) is 5.75 Å². The van der Waals surface area contributed by atoms with Crippen molar-refractivity contribution >= 4 is 0 Å². The van der Waals surface area contributed by atoms with Gasteiger partial charge in [0, 0.05) is 5.56 Å². The zero-order valence-corrected chi connectivity index (χ0v) is 24.7. The number of fused-ring (bicyclic) bond motifs is 1. The van der Waals surface area contributed by atoms with E-state index in [1.54, 1.807) is 18.2 Å². The van der Waals surface area contributed by atoms with Crippen LogP contribution in [-0.4, -0.2) is 6.36 Å². The Labute approximate surface area is 250 Å². The van der Waals surface area contributed by atoms with Gasteiger partial charge in [0.05, 0.1) is 0 Å². The first-order chi connectivity index (χ1) is 20.6. The highest BCUT2D eigenvalue weighted by atomic mass is 19.4. The van der Waals surface area contributed by atoms with E-state index in [0.717, 1.165) is 55.2 Å². The second-order valence-corrected chi connectivity index (χ2v) is 12.4. The van der Waals surface area contributed by atoms with Crippen molar-refractivity contribution in [2.45, 2.75) is 109 Å². The van der Waals surface area contributed by atoms with Gasteiger partial charge in [0.2, 0.25) is 0 Å². The van der Waals surface area contributed by atoms with Crippen LogP contribution in [0, 0.1) is 23.4 Å². The molecule has 2 aliphatic rings. The quantitative estimate of drug-likeness (QED) is 0.166. The lowest BCUT2D eigenvalue weighted by Crippen LogP contribution is -2.20. The highest BCUT2D eigenvalue weighted by Gasteiger charge is 2.33. The molecule has 0 aliphatic heterocycles. The molecule has 1 fully saturated rings. The highest BCUT2D eigenvalue weighted by Crippen LogP contribution is 2.44. The Hall–Kier alpha value is -2.96. The molecule has 0 amide bonds. The predicted molar refractivity (Wildman–Crippen MR) is 157 cm³/mol. The number of hydrogen-bond donors (Lipinski definition) is 0. The van der Waals surface area contributed by atoms with Crippen LogP contribution in [0.5, 0.6) is 5.75 Å². The zero-order valence-electron chi connectivity index (χ0n) is 24.7. The summed E-state index contributed by atoms with van der Waals surface area (Å²) in [5.74, 6) is -1.15. The van der Waals surface area contributed by atoms with Crippen molar-refractivity contribution in [1.29, 1.82) is 0 Å². The molecule has 0 radical (unpaired) electrons. The third kappa shape index (κ3) is 7.96. The Kier molecular flexibility index (Phi) is 10.1. The number of hydrogen-bond acceptors (Lipinski definition) is 1. The number of benzene rings is 3. The Morgan fingerprint density at radius 1 is 0.791 bits per heavy atom. The van der Waals surface area contributed by atoms with E-state index in [-0.39, 0.29) is 34.9 Å². The maximum absolute atomic E-state index is 15.8. The van der Waals surface area contributed by atoms with E-state index in [0.29, 0.717) is 56.1 Å². The summed E-state index contributed by atoms with van der Waals surface area (Å²) in [7, 11) is 0. The minimum Gasteiger partial charge on any atom is -0.406 e. The van der Waals surface area contributed by atoms with Gasteiger partial charge in [-0.25, -0.2) is 13.2 Å². The van der Waals surface area contributed by atoms with Crippen molar-refractivity contribution in [2.75, 3.05) is 0 Å². The summed E-state index contributed by atoms with van der Waals surface area (Å²) in [5.41, 5.74) is 4.19. The van der Waals surface area contributed by atoms with Gasteiger partial charge in [-0.1, -0.05) is 44.0 Å². The van der Waals surface area contributed by atoms with Crippen molar-refractivity contribution < 1.29 is 31.1 Å². The van der Waals surface area contributed by atoms with Gasteiger partial charge < -0.3 is 4.74 Å². The van der Waals surface area contributed by atoms with E-state index in [1.807, 2.05) is 12.1 Å². The summed E-state index contributed by atoms with van der Waals surface area (Å²) in [6.07, 6.45) is 5.49. The molecule has 0 N–H and O–H groups in total. The molecule has 5 rings (SSSR count). The van der Waals surface area contributed by atoms with E-state index in [4.69, 9.17) is 0 Å². The minimum absolute atomic E-state index is 0.128. The van der Waals surface area contributed by atoms with Crippen molar-refractivity contribution in [2.24, 2.45) is 5.92 Å². The molecule has 0 saturated heterocycles. The molecule has 0 aromatic heterocycles. The molecule has 1 saturated carbocycles. The molecule has 0 bridgehead atoms. The van der Waals surface area contributed by atoms with Crippen molar-refractivity contribution in [1.82, 2.24) is 0 Å². The normalized spacial score (nSPS) is 20.6. The number of halogens is 6. The van der Waals surface area contributed by atoms with Gasteiger partial charge in [-0.3, -0.25) is 0 Å². The predicted octanol–water partition coefficient (Wildman–Crippen LogP) is 10.9.